The first-order valence-electron chi connectivity index (χ1n) is 20.2. The van der Waals surface area contributed by atoms with Crippen molar-refractivity contribution in [3.63, 3.8) is 0 Å². The highest BCUT2D eigenvalue weighted by molar-refractivity contribution is 5.55. The van der Waals surface area contributed by atoms with E-state index in [0.717, 1.165) is 44.5 Å². The molecule has 0 amide bonds. The minimum absolute atomic E-state index is 0.00984. The van der Waals surface area contributed by atoms with Gasteiger partial charge >= 0.3 is 0 Å². The first-order valence-corrected chi connectivity index (χ1v) is 20.2. The van der Waals surface area contributed by atoms with Gasteiger partial charge in [0.1, 0.15) is 60.9 Å². The van der Waals surface area contributed by atoms with Crippen LogP contribution in [0.3, 0.4) is 0 Å². The minimum Gasteiger partial charge on any atom is -0.507 e. The van der Waals surface area contributed by atoms with Gasteiger partial charge in [-0.25, -0.2) is 0 Å². The topological polar surface area (TPSA) is 182 Å². The molecular weight excluding hydrogens is 797 g/mol. The predicted octanol–water partition coefficient (Wildman–Crippen LogP) is 8.54. The van der Waals surface area contributed by atoms with Crippen LogP contribution in [-0.4, -0.2) is 72.9 Å². The molecule has 0 atom stereocenters. The molecule has 62 heavy (non-hydrogen) atoms. The van der Waals surface area contributed by atoms with Crippen molar-refractivity contribution in [2.45, 2.75) is 25.7 Å². The highest BCUT2D eigenvalue weighted by Gasteiger charge is 2.20. The summed E-state index contributed by atoms with van der Waals surface area (Å²) in [5.74, 6) is 2.69. The van der Waals surface area contributed by atoms with Gasteiger partial charge in [0.15, 0.2) is 0 Å². The van der Waals surface area contributed by atoms with Crippen molar-refractivity contribution in [3.8, 4) is 34.5 Å². The summed E-state index contributed by atoms with van der Waals surface area (Å²) in [6, 6.07) is 35.0. The van der Waals surface area contributed by atoms with Crippen molar-refractivity contribution in [1.82, 2.24) is 0 Å². The van der Waals surface area contributed by atoms with Gasteiger partial charge in [-0.3, -0.25) is 20.2 Å². The Hall–Kier alpha value is -7.16. The van der Waals surface area contributed by atoms with Gasteiger partial charge in [-0.1, -0.05) is 72.8 Å². The monoisotopic (exact) mass is 842 g/mol. The Bertz CT molecular complexity index is 2220. The number of nitrogens with zero attached hydrogens (tertiary/aromatic N) is 2. The summed E-state index contributed by atoms with van der Waals surface area (Å²) in [6.07, 6.45) is 1.53. The average molecular weight is 843 g/mol. The van der Waals surface area contributed by atoms with E-state index in [1.54, 1.807) is 24.3 Å². The van der Waals surface area contributed by atoms with E-state index >= 15 is 0 Å². The molecule has 0 unspecified atom stereocenters. The van der Waals surface area contributed by atoms with Gasteiger partial charge in [0.05, 0.1) is 36.3 Å². The number of phenols is 2. The molecule has 7 rings (SSSR count). The first-order chi connectivity index (χ1) is 30.2. The third-order valence-electron chi connectivity index (χ3n) is 10.3. The molecule has 0 aromatic heterocycles. The van der Waals surface area contributed by atoms with Crippen molar-refractivity contribution in [2.24, 2.45) is 0 Å². The van der Waals surface area contributed by atoms with E-state index in [4.69, 9.17) is 28.4 Å². The lowest BCUT2D eigenvalue weighted by Gasteiger charge is -2.20. The molecule has 6 aromatic rings. The van der Waals surface area contributed by atoms with Crippen LogP contribution in [0.2, 0.25) is 0 Å². The predicted molar refractivity (Wildman–Crippen MR) is 230 cm³/mol. The molecule has 0 aliphatic heterocycles. The van der Waals surface area contributed by atoms with Gasteiger partial charge in [-0.2, -0.15) is 0 Å². The van der Waals surface area contributed by atoms with Gasteiger partial charge < -0.3 is 38.6 Å². The number of non-ortho nitro benzene ring substituents is 2. The molecule has 2 N–H and O–H groups in total. The Morgan fingerprint density at radius 2 is 0.661 bits per heavy atom. The van der Waals surface area contributed by atoms with Crippen molar-refractivity contribution < 1.29 is 48.5 Å². The number of aromatic hydroxyl groups is 2. The molecule has 0 saturated heterocycles. The van der Waals surface area contributed by atoms with Crippen LogP contribution in [-0.2, 0) is 35.2 Å². The molecule has 0 radical (unpaired) electrons. The second-order valence-corrected chi connectivity index (χ2v) is 14.5. The SMILES string of the molecule is O=[N+]([O-])c1ccc(OCCOCCOc2c3cccc2Cc2cccc(c2O)Cc2cccc(c2OCCOCCOc2ccc([N+](=O)[O-])cc2)Cc2cccc(c2O)C3)cc1. The molecule has 6 aromatic carbocycles. The quantitative estimate of drug-likeness (QED) is 0.0478. The maximum absolute atomic E-state index is 11.7. The van der Waals surface area contributed by atoms with E-state index in [1.165, 1.54) is 24.3 Å². The number of rotatable bonds is 18. The van der Waals surface area contributed by atoms with Crippen LogP contribution in [0.5, 0.6) is 34.5 Å². The fraction of sp³-hybridized carbons (Fsp3) is 0.250. The van der Waals surface area contributed by atoms with E-state index < -0.39 is 9.85 Å². The average Bonchev–Trinajstić information content (AvgIpc) is 3.27. The zero-order valence-corrected chi connectivity index (χ0v) is 33.9. The second-order valence-electron chi connectivity index (χ2n) is 14.5. The van der Waals surface area contributed by atoms with E-state index in [-0.39, 0.29) is 75.7 Å². The molecule has 1 aliphatic rings. The molecule has 0 heterocycles. The molecule has 14 nitrogen and oxygen atoms in total. The number of nitro groups is 2. The van der Waals surface area contributed by atoms with Gasteiger partial charge in [0, 0.05) is 49.9 Å². The Kier molecular flexibility index (Phi) is 14.5. The standard InChI is InChI=1S/C48H46N2O12/c51-45-33-5-1-6-34(45)30-38-10-4-12-40(48(38)62-28-24-58-22-26-60-44-19-15-42(16-20-44)50(55)56)32-36-8-2-7-35(46(36)52)31-39-11-3-9-37(29-33)47(39)61-27-23-57-21-25-59-43-17-13-41(14-18-43)49(53)54/h1-20,51-52H,21-32H2. The normalized spacial score (nSPS) is 12.0. The number of hydrogen-bond donors (Lipinski definition) is 2. The fourth-order valence-corrected chi connectivity index (χ4v) is 7.26. The maximum atomic E-state index is 11.7. The van der Waals surface area contributed by atoms with Crippen LogP contribution < -0.4 is 18.9 Å². The second kappa shape index (κ2) is 20.9. The number of para-hydroxylation sites is 4. The molecule has 0 spiro atoms. The molecule has 14 heteroatoms. The molecule has 1 aliphatic carbocycles. The summed E-state index contributed by atoms with van der Waals surface area (Å²) in [6.45, 7) is 2.07. The maximum Gasteiger partial charge on any atom is 0.269 e. The lowest BCUT2D eigenvalue weighted by atomic mass is 9.91. The number of benzene rings is 6. The van der Waals surface area contributed by atoms with Gasteiger partial charge in [0.2, 0.25) is 0 Å². The summed E-state index contributed by atoms with van der Waals surface area (Å²) in [5.41, 5.74) is 6.34. The van der Waals surface area contributed by atoms with E-state index in [2.05, 4.69) is 0 Å². The minimum atomic E-state index is -0.462. The zero-order chi connectivity index (χ0) is 43.3. The lowest BCUT2D eigenvalue weighted by molar-refractivity contribution is -0.385. The molecule has 0 saturated carbocycles. The summed E-state index contributed by atoms with van der Waals surface area (Å²) >= 11 is 0. The van der Waals surface area contributed by atoms with Crippen LogP contribution in [0.15, 0.2) is 121 Å². The van der Waals surface area contributed by atoms with Crippen LogP contribution in [0, 0.1) is 20.2 Å². The highest BCUT2D eigenvalue weighted by atomic mass is 16.6. The smallest absolute Gasteiger partial charge is 0.269 e. The highest BCUT2D eigenvalue weighted by Crippen LogP contribution is 2.38. The summed E-state index contributed by atoms with van der Waals surface area (Å²) < 4.78 is 35.8. The number of phenolic OH excluding ortho intramolecular Hbond substituents is 2. The van der Waals surface area contributed by atoms with Crippen LogP contribution in [0.25, 0.3) is 0 Å². The molecule has 0 fully saturated rings. The Balaban J connectivity index is 1.04. The summed E-state index contributed by atoms with van der Waals surface area (Å²) in [7, 11) is 0. The van der Waals surface area contributed by atoms with Gasteiger partial charge in [0.25, 0.3) is 11.4 Å². The van der Waals surface area contributed by atoms with Crippen LogP contribution in [0.1, 0.15) is 44.5 Å². The van der Waals surface area contributed by atoms with Crippen LogP contribution in [0.4, 0.5) is 11.4 Å². The molecule has 320 valence electrons. The zero-order valence-electron chi connectivity index (χ0n) is 33.9. The molecule has 8 bridgehead atoms. The van der Waals surface area contributed by atoms with Gasteiger partial charge in [-0.05, 0) is 68.8 Å². The Morgan fingerprint density at radius 3 is 0.952 bits per heavy atom. The first kappa shape index (κ1) is 42.9. The third kappa shape index (κ3) is 11.2. The van der Waals surface area contributed by atoms with Crippen molar-refractivity contribution in [1.29, 1.82) is 0 Å². The van der Waals surface area contributed by atoms with Crippen molar-refractivity contribution in [2.75, 3.05) is 52.9 Å². The third-order valence-corrected chi connectivity index (χ3v) is 10.3. The van der Waals surface area contributed by atoms with Crippen LogP contribution >= 0.6 is 0 Å². The fourth-order valence-electron chi connectivity index (χ4n) is 7.26. The lowest BCUT2D eigenvalue weighted by Crippen LogP contribution is -2.14. The number of fused-ring (bicyclic) bond motifs is 8. The van der Waals surface area contributed by atoms with Crippen molar-refractivity contribution >= 4 is 11.4 Å². The molecular formula is C48H46N2O12. The van der Waals surface area contributed by atoms with Gasteiger partial charge in [-0.15, -0.1) is 0 Å². The van der Waals surface area contributed by atoms with E-state index in [1.807, 2.05) is 72.8 Å². The summed E-state index contributed by atoms with van der Waals surface area (Å²) in [4.78, 5) is 20.9. The number of ether oxygens (including phenoxy) is 6. The van der Waals surface area contributed by atoms with Crippen molar-refractivity contribution in [3.05, 3.63) is 186 Å². The Morgan fingerprint density at radius 1 is 0.387 bits per heavy atom. The van der Waals surface area contributed by atoms with E-state index in [9.17, 15) is 30.4 Å². The van der Waals surface area contributed by atoms with E-state index in [0.29, 0.717) is 48.7 Å². The summed E-state index contributed by atoms with van der Waals surface area (Å²) in [5, 5.41) is 45.3. The Labute approximate surface area is 358 Å². The largest absolute Gasteiger partial charge is 0.507 e. The number of hydrogen-bond acceptors (Lipinski definition) is 12. The number of nitro benzene ring substituents is 2.